The maximum absolute atomic E-state index is 11.0. The first-order valence-corrected chi connectivity index (χ1v) is 4.62. The second-order valence-electron chi connectivity index (χ2n) is 3.56. The summed E-state index contributed by atoms with van der Waals surface area (Å²) in [5, 5.41) is 11.7. The molecule has 0 spiro atoms. The van der Waals surface area contributed by atoms with Crippen molar-refractivity contribution in [2.24, 2.45) is 0 Å². The van der Waals surface area contributed by atoms with Crippen LogP contribution in [0.5, 0.6) is 0 Å². The molecule has 1 N–H and O–H groups in total. The lowest BCUT2D eigenvalue weighted by Gasteiger charge is -2.15. The van der Waals surface area contributed by atoms with Crippen molar-refractivity contribution in [3.8, 4) is 0 Å². The summed E-state index contributed by atoms with van der Waals surface area (Å²) in [6.07, 6.45) is 1.63. The standard InChI is InChI=1S/C11H12N2O2/c1-12(2)13-7-9(11(14)15)8-5-3-4-6-10(8)13/h3-7H,1-2H3,(H,14,15). The second kappa shape index (κ2) is 3.31. The van der Waals surface area contributed by atoms with Crippen LogP contribution in [-0.2, 0) is 0 Å². The highest BCUT2D eigenvalue weighted by Gasteiger charge is 2.13. The number of aromatic nitrogens is 1. The maximum atomic E-state index is 11.0. The summed E-state index contributed by atoms with van der Waals surface area (Å²) in [6, 6.07) is 7.46. The number of aromatic carboxylic acids is 1. The van der Waals surface area contributed by atoms with E-state index in [1.54, 1.807) is 6.20 Å². The van der Waals surface area contributed by atoms with Gasteiger partial charge < -0.3 is 10.1 Å². The fraction of sp³-hybridized carbons (Fsp3) is 0.182. The Balaban J connectivity index is 2.79. The van der Waals surface area contributed by atoms with Gasteiger partial charge in [0.25, 0.3) is 0 Å². The monoisotopic (exact) mass is 204 g/mol. The topological polar surface area (TPSA) is 45.5 Å². The van der Waals surface area contributed by atoms with Crippen LogP contribution in [0.25, 0.3) is 10.9 Å². The van der Waals surface area contributed by atoms with Gasteiger partial charge in [-0.05, 0) is 6.07 Å². The van der Waals surface area contributed by atoms with Crippen molar-refractivity contribution in [2.45, 2.75) is 0 Å². The van der Waals surface area contributed by atoms with Crippen LogP contribution in [-0.4, -0.2) is 29.8 Å². The van der Waals surface area contributed by atoms with Crippen molar-refractivity contribution in [1.82, 2.24) is 4.68 Å². The first kappa shape index (κ1) is 9.58. The third-order valence-corrected chi connectivity index (χ3v) is 2.35. The normalized spacial score (nSPS) is 10.5. The smallest absolute Gasteiger partial charge is 0.337 e. The molecule has 0 amide bonds. The molecule has 0 bridgehead atoms. The molecule has 0 saturated heterocycles. The quantitative estimate of drug-likeness (QED) is 0.807. The lowest BCUT2D eigenvalue weighted by molar-refractivity contribution is 0.0699. The summed E-state index contributed by atoms with van der Waals surface area (Å²) in [5.74, 6) is -0.896. The molecule has 0 atom stereocenters. The van der Waals surface area contributed by atoms with E-state index >= 15 is 0 Å². The van der Waals surface area contributed by atoms with E-state index in [0.29, 0.717) is 5.56 Å². The Morgan fingerprint density at radius 3 is 2.60 bits per heavy atom. The van der Waals surface area contributed by atoms with Gasteiger partial charge in [-0.25, -0.2) is 4.79 Å². The Morgan fingerprint density at radius 1 is 1.33 bits per heavy atom. The predicted molar refractivity (Wildman–Crippen MR) is 59.0 cm³/mol. The highest BCUT2D eigenvalue weighted by Crippen LogP contribution is 2.20. The zero-order valence-electron chi connectivity index (χ0n) is 8.64. The van der Waals surface area contributed by atoms with Gasteiger partial charge in [-0.15, -0.1) is 0 Å². The van der Waals surface area contributed by atoms with E-state index in [1.807, 2.05) is 48.0 Å². The molecular weight excluding hydrogens is 192 g/mol. The van der Waals surface area contributed by atoms with Crippen LogP contribution < -0.4 is 5.01 Å². The highest BCUT2D eigenvalue weighted by molar-refractivity contribution is 6.03. The van der Waals surface area contributed by atoms with E-state index in [0.717, 1.165) is 10.9 Å². The van der Waals surface area contributed by atoms with Crippen molar-refractivity contribution in [3.63, 3.8) is 0 Å². The molecule has 1 heterocycles. The largest absolute Gasteiger partial charge is 0.478 e. The van der Waals surface area contributed by atoms with Gasteiger partial charge in [0.05, 0.1) is 11.1 Å². The third-order valence-electron chi connectivity index (χ3n) is 2.35. The molecule has 0 fully saturated rings. The Hall–Kier alpha value is -1.97. The molecule has 2 rings (SSSR count). The molecule has 15 heavy (non-hydrogen) atoms. The van der Waals surface area contributed by atoms with E-state index in [1.165, 1.54) is 0 Å². The van der Waals surface area contributed by atoms with Gasteiger partial charge in [0.2, 0.25) is 0 Å². The van der Waals surface area contributed by atoms with Gasteiger partial charge in [0, 0.05) is 25.7 Å². The van der Waals surface area contributed by atoms with E-state index in [9.17, 15) is 4.79 Å². The summed E-state index contributed by atoms with van der Waals surface area (Å²) in [4.78, 5) is 11.0. The maximum Gasteiger partial charge on any atom is 0.337 e. The van der Waals surface area contributed by atoms with Crippen molar-refractivity contribution >= 4 is 16.9 Å². The van der Waals surface area contributed by atoms with Gasteiger partial charge in [0.15, 0.2) is 0 Å². The third kappa shape index (κ3) is 1.44. The molecule has 0 saturated carbocycles. The number of carbonyl (C=O) groups is 1. The van der Waals surface area contributed by atoms with E-state index in [4.69, 9.17) is 5.11 Å². The molecule has 2 aromatic rings. The number of rotatable bonds is 2. The molecule has 78 valence electrons. The number of carboxylic acids is 1. The SMILES string of the molecule is CN(C)n1cc(C(=O)O)c2ccccc21. The second-order valence-corrected chi connectivity index (χ2v) is 3.56. The summed E-state index contributed by atoms with van der Waals surface area (Å²) < 4.78 is 1.82. The fourth-order valence-corrected chi connectivity index (χ4v) is 1.66. The van der Waals surface area contributed by atoms with Crippen LogP contribution in [0.2, 0.25) is 0 Å². The molecule has 0 aliphatic heterocycles. The number of para-hydroxylation sites is 1. The van der Waals surface area contributed by atoms with Crippen LogP contribution >= 0.6 is 0 Å². The molecule has 0 unspecified atom stereocenters. The summed E-state index contributed by atoms with van der Waals surface area (Å²) in [6.45, 7) is 0. The minimum Gasteiger partial charge on any atom is -0.478 e. The van der Waals surface area contributed by atoms with Gasteiger partial charge in [-0.3, -0.25) is 4.68 Å². The van der Waals surface area contributed by atoms with Gasteiger partial charge in [0.1, 0.15) is 0 Å². The Labute approximate surface area is 87.3 Å². The van der Waals surface area contributed by atoms with Crippen molar-refractivity contribution < 1.29 is 9.90 Å². The number of carboxylic acid groups (broad SMARTS) is 1. The number of hydrogen-bond donors (Lipinski definition) is 1. The van der Waals surface area contributed by atoms with Crippen molar-refractivity contribution in [2.75, 3.05) is 19.1 Å². The molecule has 0 radical (unpaired) electrons. The average molecular weight is 204 g/mol. The Morgan fingerprint density at radius 2 is 2.00 bits per heavy atom. The minimum absolute atomic E-state index is 0.333. The molecule has 4 heteroatoms. The van der Waals surface area contributed by atoms with Crippen LogP contribution in [0, 0.1) is 0 Å². The molecule has 0 aliphatic carbocycles. The summed E-state index contributed by atoms with van der Waals surface area (Å²) >= 11 is 0. The fourth-order valence-electron chi connectivity index (χ4n) is 1.66. The van der Waals surface area contributed by atoms with Gasteiger partial charge in [-0.2, -0.15) is 0 Å². The summed E-state index contributed by atoms with van der Waals surface area (Å²) in [7, 11) is 3.75. The zero-order chi connectivity index (χ0) is 11.0. The van der Waals surface area contributed by atoms with Gasteiger partial charge >= 0.3 is 5.97 Å². The van der Waals surface area contributed by atoms with Crippen molar-refractivity contribution in [1.29, 1.82) is 0 Å². The van der Waals surface area contributed by atoms with Crippen LogP contribution in [0.3, 0.4) is 0 Å². The average Bonchev–Trinajstić information content (AvgIpc) is 2.56. The number of nitrogens with zero attached hydrogens (tertiary/aromatic N) is 2. The van der Waals surface area contributed by atoms with E-state index in [-0.39, 0.29) is 0 Å². The van der Waals surface area contributed by atoms with E-state index in [2.05, 4.69) is 0 Å². The number of hydrogen-bond acceptors (Lipinski definition) is 2. The Bertz CT molecular complexity index is 514. The van der Waals surface area contributed by atoms with Crippen LogP contribution in [0.4, 0.5) is 0 Å². The lowest BCUT2D eigenvalue weighted by atomic mass is 10.2. The molecular formula is C11H12N2O2. The van der Waals surface area contributed by atoms with Crippen LogP contribution in [0.15, 0.2) is 30.5 Å². The lowest BCUT2D eigenvalue weighted by Crippen LogP contribution is -2.23. The number of fused-ring (bicyclic) bond motifs is 1. The summed E-state index contributed by atoms with van der Waals surface area (Å²) in [5.41, 5.74) is 1.24. The van der Waals surface area contributed by atoms with Crippen molar-refractivity contribution in [3.05, 3.63) is 36.0 Å². The molecule has 4 nitrogen and oxygen atoms in total. The minimum atomic E-state index is -0.896. The predicted octanol–water partition coefficient (Wildman–Crippen LogP) is 1.54. The zero-order valence-corrected chi connectivity index (χ0v) is 8.64. The van der Waals surface area contributed by atoms with Gasteiger partial charge in [-0.1, -0.05) is 18.2 Å². The molecule has 1 aromatic carbocycles. The number of benzene rings is 1. The Kier molecular flexibility index (Phi) is 2.11. The highest BCUT2D eigenvalue weighted by atomic mass is 16.4. The van der Waals surface area contributed by atoms with E-state index < -0.39 is 5.97 Å². The first-order valence-electron chi connectivity index (χ1n) is 4.62. The molecule has 1 aromatic heterocycles. The first-order chi connectivity index (χ1) is 7.11. The van der Waals surface area contributed by atoms with Crippen LogP contribution in [0.1, 0.15) is 10.4 Å². The molecule has 0 aliphatic rings.